The van der Waals surface area contributed by atoms with Gasteiger partial charge in [-0.1, -0.05) is 24.3 Å². The van der Waals surface area contributed by atoms with Crippen LogP contribution in [0.25, 0.3) is 10.9 Å². The van der Waals surface area contributed by atoms with Gasteiger partial charge in [-0.3, -0.25) is 9.59 Å². The number of fused-ring (bicyclic) bond motifs is 1. The number of carbonyl (C=O) groups is 2. The Morgan fingerprint density at radius 2 is 1.57 bits per heavy atom. The van der Waals surface area contributed by atoms with Crippen LogP contribution >= 0.6 is 0 Å². The van der Waals surface area contributed by atoms with E-state index in [1.165, 1.54) is 0 Å². The van der Waals surface area contributed by atoms with E-state index in [-0.39, 0.29) is 11.8 Å². The van der Waals surface area contributed by atoms with Crippen LogP contribution in [0.4, 0.5) is 0 Å². The van der Waals surface area contributed by atoms with Crippen molar-refractivity contribution in [3.63, 3.8) is 0 Å². The number of rotatable bonds is 3. The van der Waals surface area contributed by atoms with Gasteiger partial charge in [0.1, 0.15) is 5.75 Å². The summed E-state index contributed by atoms with van der Waals surface area (Å²) in [5.74, 6) is 0.650. The number of carbonyl (C=O) groups excluding carboxylic acids is 2. The molecule has 2 heterocycles. The minimum Gasteiger partial charge on any atom is -0.497 e. The summed E-state index contributed by atoms with van der Waals surface area (Å²) in [5, 5.41) is 0.963. The number of ether oxygens (including phenoxy) is 1. The van der Waals surface area contributed by atoms with Crippen molar-refractivity contribution in [2.45, 2.75) is 0 Å². The number of hydrogen-bond acceptors (Lipinski definition) is 3. The SMILES string of the molecule is COc1cccc(C(=O)N2CCN(C(=O)c3cn(C)c4ccccc34)CC2)c1. The van der Waals surface area contributed by atoms with Crippen molar-refractivity contribution in [1.82, 2.24) is 14.4 Å². The van der Waals surface area contributed by atoms with E-state index in [2.05, 4.69) is 0 Å². The molecule has 2 amide bonds. The fourth-order valence-corrected chi connectivity index (χ4v) is 3.73. The lowest BCUT2D eigenvalue weighted by molar-refractivity contribution is 0.0536. The molecule has 3 aromatic rings. The first kappa shape index (κ1) is 18.1. The van der Waals surface area contributed by atoms with Crippen LogP contribution in [0.15, 0.2) is 54.7 Å². The maximum atomic E-state index is 13.0. The van der Waals surface area contributed by atoms with Gasteiger partial charge in [0.15, 0.2) is 0 Å². The summed E-state index contributed by atoms with van der Waals surface area (Å²) >= 11 is 0. The van der Waals surface area contributed by atoms with Gasteiger partial charge in [-0.2, -0.15) is 0 Å². The molecule has 6 heteroatoms. The smallest absolute Gasteiger partial charge is 0.256 e. The van der Waals surface area contributed by atoms with Crippen molar-refractivity contribution in [3.8, 4) is 5.75 Å². The van der Waals surface area contributed by atoms with Crippen LogP contribution in [0.2, 0.25) is 0 Å². The van der Waals surface area contributed by atoms with Gasteiger partial charge in [-0.25, -0.2) is 0 Å². The number of aromatic nitrogens is 1. The molecular weight excluding hydrogens is 354 g/mol. The van der Waals surface area contributed by atoms with E-state index in [1.54, 1.807) is 24.1 Å². The Labute approximate surface area is 163 Å². The number of methoxy groups -OCH3 is 1. The van der Waals surface area contributed by atoms with Gasteiger partial charge in [0.2, 0.25) is 0 Å². The molecular formula is C22H23N3O3. The quantitative estimate of drug-likeness (QED) is 0.705. The zero-order chi connectivity index (χ0) is 19.7. The summed E-state index contributed by atoms with van der Waals surface area (Å²) in [6.07, 6.45) is 1.89. The fraction of sp³-hybridized carbons (Fsp3) is 0.273. The molecule has 0 saturated carbocycles. The Balaban J connectivity index is 1.46. The highest BCUT2D eigenvalue weighted by molar-refractivity contribution is 6.07. The Morgan fingerprint density at radius 3 is 2.29 bits per heavy atom. The second-order valence-electron chi connectivity index (χ2n) is 6.99. The molecule has 4 rings (SSSR count). The van der Waals surface area contributed by atoms with Crippen LogP contribution < -0.4 is 4.74 Å². The third kappa shape index (κ3) is 3.22. The van der Waals surface area contributed by atoms with E-state index >= 15 is 0 Å². The van der Waals surface area contributed by atoms with E-state index in [0.29, 0.717) is 43.1 Å². The molecule has 0 N–H and O–H groups in total. The van der Waals surface area contributed by atoms with E-state index < -0.39 is 0 Å². The molecule has 0 bridgehead atoms. The first-order chi connectivity index (χ1) is 13.6. The van der Waals surface area contributed by atoms with Gasteiger partial charge in [0.25, 0.3) is 11.8 Å². The molecule has 6 nitrogen and oxygen atoms in total. The standard InChI is InChI=1S/C22H23N3O3/c1-23-15-19(18-8-3-4-9-20(18)23)22(27)25-12-10-24(11-13-25)21(26)16-6-5-7-17(14-16)28-2/h3-9,14-15H,10-13H2,1-2H3. The highest BCUT2D eigenvalue weighted by atomic mass is 16.5. The van der Waals surface area contributed by atoms with E-state index in [1.807, 2.05) is 59.1 Å². The number of para-hydroxylation sites is 1. The molecule has 0 radical (unpaired) electrons. The molecule has 28 heavy (non-hydrogen) atoms. The predicted molar refractivity (Wildman–Crippen MR) is 108 cm³/mol. The number of amides is 2. The Hall–Kier alpha value is -3.28. The fourth-order valence-electron chi connectivity index (χ4n) is 3.73. The molecule has 0 spiro atoms. The van der Waals surface area contributed by atoms with E-state index in [9.17, 15) is 9.59 Å². The normalized spacial score (nSPS) is 14.4. The average molecular weight is 377 g/mol. The van der Waals surface area contributed by atoms with Crippen molar-refractivity contribution >= 4 is 22.7 Å². The number of benzene rings is 2. The summed E-state index contributed by atoms with van der Waals surface area (Å²) in [6.45, 7) is 2.09. The molecule has 0 atom stereocenters. The first-order valence-electron chi connectivity index (χ1n) is 9.35. The van der Waals surface area contributed by atoms with Crippen molar-refractivity contribution in [2.24, 2.45) is 7.05 Å². The second kappa shape index (κ2) is 7.38. The largest absolute Gasteiger partial charge is 0.497 e. The maximum absolute atomic E-state index is 13.0. The summed E-state index contributed by atoms with van der Waals surface area (Å²) in [4.78, 5) is 29.4. The molecule has 1 aromatic heterocycles. The van der Waals surface area contributed by atoms with E-state index in [4.69, 9.17) is 4.74 Å². The number of nitrogens with zero attached hydrogens (tertiary/aromatic N) is 3. The topological polar surface area (TPSA) is 54.8 Å². The molecule has 1 saturated heterocycles. The third-order valence-electron chi connectivity index (χ3n) is 5.30. The minimum atomic E-state index is -0.0313. The van der Waals surface area contributed by atoms with Crippen LogP contribution in [-0.4, -0.2) is 59.5 Å². The Bertz CT molecular complexity index is 1030. The zero-order valence-electron chi connectivity index (χ0n) is 16.1. The number of aryl methyl sites for hydroxylation is 1. The van der Waals surface area contributed by atoms with Crippen molar-refractivity contribution in [2.75, 3.05) is 33.3 Å². The van der Waals surface area contributed by atoms with Crippen LogP contribution in [0, 0.1) is 0 Å². The number of hydrogen-bond donors (Lipinski definition) is 0. The summed E-state index contributed by atoms with van der Waals surface area (Å²) < 4.78 is 7.18. The highest BCUT2D eigenvalue weighted by Crippen LogP contribution is 2.23. The molecule has 0 aliphatic carbocycles. The van der Waals surface area contributed by atoms with Crippen LogP contribution in [0.5, 0.6) is 5.75 Å². The maximum Gasteiger partial charge on any atom is 0.256 e. The second-order valence-corrected chi connectivity index (χ2v) is 6.99. The van der Waals surface area contributed by atoms with E-state index in [0.717, 1.165) is 10.9 Å². The van der Waals surface area contributed by atoms with Gasteiger partial charge in [-0.05, 0) is 24.3 Å². The molecule has 1 aliphatic heterocycles. The third-order valence-corrected chi connectivity index (χ3v) is 5.30. The van der Waals surface area contributed by atoms with Crippen LogP contribution in [-0.2, 0) is 7.05 Å². The molecule has 1 aliphatic rings. The summed E-state index contributed by atoms with van der Waals surface area (Å²) in [6, 6.07) is 15.1. The van der Waals surface area contributed by atoms with Gasteiger partial charge in [-0.15, -0.1) is 0 Å². The van der Waals surface area contributed by atoms with Crippen molar-refractivity contribution < 1.29 is 14.3 Å². The molecule has 0 unspecified atom stereocenters. The molecule has 2 aromatic carbocycles. The van der Waals surface area contributed by atoms with Crippen LogP contribution in [0.3, 0.4) is 0 Å². The van der Waals surface area contributed by atoms with Gasteiger partial charge < -0.3 is 19.1 Å². The highest BCUT2D eigenvalue weighted by Gasteiger charge is 2.27. The average Bonchev–Trinajstić information content (AvgIpc) is 3.09. The zero-order valence-corrected chi connectivity index (χ0v) is 16.1. The van der Waals surface area contributed by atoms with Gasteiger partial charge in [0, 0.05) is 55.9 Å². The predicted octanol–water partition coefficient (Wildman–Crippen LogP) is 2.79. The first-order valence-corrected chi connectivity index (χ1v) is 9.35. The minimum absolute atomic E-state index is 0.0188. The number of piperazine rings is 1. The molecule has 1 fully saturated rings. The lowest BCUT2D eigenvalue weighted by atomic mass is 10.1. The van der Waals surface area contributed by atoms with Crippen molar-refractivity contribution in [1.29, 1.82) is 0 Å². The Morgan fingerprint density at radius 1 is 0.893 bits per heavy atom. The summed E-state index contributed by atoms with van der Waals surface area (Å²) in [7, 11) is 3.53. The van der Waals surface area contributed by atoms with Gasteiger partial charge >= 0.3 is 0 Å². The van der Waals surface area contributed by atoms with Crippen LogP contribution in [0.1, 0.15) is 20.7 Å². The van der Waals surface area contributed by atoms with Crippen molar-refractivity contribution in [3.05, 3.63) is 65.9 Å². The van der Waals surface area contributed by atoms with Gasteiger partial charge in [0.05, 0.1) is 12.7 Å². The summed E-state index contributed by atoms with van der Waals surface area (Å²) in [5.41, 5.74) is 2.36. The lowest BCUT2D eigenvalue weighted by Gasteiger charge is -2.34. The molecule has 144 valence electrons. The monoisotopic (exact) mass is 377 g/mol. The Kier molecular flexibility index (Phi) is 4.77. The lowest BCUT2D eigenvalue weighted by Crippen LogP contribution is -2.50.